The van der Waals surface area contributed by atoms with Crippen molar-refractivity contribution in [3.63, 3.8) is 0 Å². The van der Waals surface area contributed by atoms with E-state index in [1.165, 1.54) is 18.2 Å². The minimum Gasteiger partial charge on any atom is -0.348 e. The summed E-state index contributed by atoms with van der Waals surface area (Å²) in [6.45, 7) is 0.390. The molecule has 1 heterocycles. The fraction of sp³-hybridized carbons (Fsp3) is 0.0476. The van der Waals surface area contributed by atoms with Crippen molar-refractivity contribution in [1.29, 1.82) is 0 Å². The van der Waals surface area contributed by atoms with Crippen LogP contribution in [-0.4, -0.2) is 10.9 Å². The maximum atomic E-state index is 13.1. The molecule has 0 aliphatic carbocycles. The summed E-state index contributed by atoms with van der Waals surface area (Å²) in [5.74, 6) is -0.575. The van der Waals surface area contributed by atoms with E-state index in [-0.39, 0.29) is 11.7 Å². The molecule has 0 radical (unpaired) electrons. The molecule has 0 saturated carbocycles. The van der Waals surface area contributed by atoms with E-state index in [9.17, 15) is 9.18 Å². The lowest BCUT2D eigenvalue weighted by Gasteiger charge is -2.06. The average molecular weight is 367 g/mol. The van der Waals surface area contributed by atoms with Crippen LogP contribution < -0.4 is 5.32 Å². The van der Waals surface area contributed by atoms with Gasteiger partial charge in [-0.2, -0.15) is 0 Å². The maximum absolute atomic E-state index is 13.1. The van der Waals surface area contributed by atoms with Gasteiger partial charge in [0, 0.05) is 24.4 Å². The lowest BCUT2D eigenvalue weighted by molar-refractivity contribution is -0.116. The third-order valence-corrected chi connectivity index (χ3v) is 3.95. The SMILES string of the molecule is O=C(/C=C/c1cccc(F)c1)NCc1cccc(-c2ccc(Cl)nc2)c1. The van der Waals surface area contributed by atoms with Gasteiger partial charge in [-0.1, -0.05) is 41.9 Å². The van der Waals surface area contributed by atoms with Crippen LogP contribution in [0.1, 0.15) is 11.1 Å². The van der Waals surface area contributed by atoms with E-state index >= 15 is 0 Å². The molecular weight excluding hydrogens is 351 g/mol. The van der Waals surface area contributed by atoms with Gasteiger partial charge in [-0.15, -0.1) is 0 Å². The van der Waals surface area contributed by atoms with Gasteiger partial charge in [-0.3, -0.25) is 4.79 Å². The molecule has 26 heavy (non-hydrogen) atoms. The predicted molar refractivity (Wildman–Crippen MR) is 102 cm³/mol. The zero-order valence-corrected chi connectivity index (χ0v) is 14.6. The van der Waals surface area contributed by atoms with E-state index in [2.05, 4.69) is 10.3 Å². The number of aromatic nitrogens is 1. The van der Waals surface area contributed by atoms with Gasteiger partial charge in [0.25, 0.3) is 0 Å². The fourth-order valence-electron chi connectivity index (χ4n) is 2.44. The van der Waals surface area contributed by atoms with Crippen molar-refractivity contribution >= 4 is 23.6 Å². The van der Waals surface area contributed by atoms with Crippen LogP contribution >= 0.6 is 11.6 Å². The standard InChI is InChI=1S/C21H16ClFN2O/c22-20-9-8-18(14-24-20)17-5-1-4-16(11-17)13-25-21(26)10-7-15-3-2-6-19(23)12-15/h1-12,14H,13H2,(H,25,26)/b10-7+. The highest BCUT2D eigenvalue weighted by Gasteiger charge is 2.02. The second kappa shape index (κ2) is 8.41. The topological polar surface area (TPSA) is 42.0 Å². The second-order valence-corrected chi connectivity index (χ2v) is 6.06. The number of benzene rings is 2. The van der Waals surface area contributed by atoms with Gasteiger partial charge in [0.05, 0.1) is 0 Å². The van der Waals surface area contributed by atoms with Crippen molar-refractivity contribution < 1.29 is 9.18 Å². The Kier molecular flexibility index (Phi) is 5.77. The number of rotatable bonds is 5. The van der Waals surface area contributed by atoms with Gasteiger partial charge in [-0.25, -0.2) is 9.37 Å². The Bertz CT molecular complexity index is 939. The molecule has 0 atom stereocenters. The number of carbonyl (C=O) groups is 1. The van der Waals surface area contributed by atoms with E-state index in [1.807, 2.05) is 30.3 Å². The summed E-state index contributed by atoms with van der Waals surface area (Å²) in [6.07, 6.45) is 4.68. The van der Waals surface area contributed by atoms with Gasteiger partial charge in [0.15, 0.2) is 0 Å². The molecule has 0 aliphatic heterocycles. The Hall–Kier alpha value is -2.98. The predicted octanol–water partition coefficient (Wildman–Crippen LogP) is 4.87. The quantitative estimate of drug-likeness (QED) is 0.517. The Morgan fingerprint density at radius 1 is 1.08 bits per heavy atom. The van der Waals surface area contributed by atoms with E-state index in [1.54, 1.807) is 30.5 Å². The molecule has 3 aromatic rings. The lowest BCUT2D eigenvalue weighted by Crippen LogP contribution is -2.20. The molecule has 3 nitrogen and oxygen atoms in total. The maximum Gasteiger partial charge on any atom is 0.244 e. The third kappa shape index (κ3) is 5.01. The second-order valence-electron chi connectivity index (χ2n) is 5.68. The minimum atomic E-state index is -0.332. The molecule has 5 heteroatoms. The molecular formula is C21H16ClFN2O. The number of pyridine rings is 1. The first kappa shape index (κ1) is 17.8. The molecule has 130 valence electrons. The highest BCUT2D eigenvalue weighted by Crippen LogP contribution is 2.20. The third-order valence-electron chi connectivity index (χ3n) is 3.73. The summed E-state index contributed by atoms with van der Waals surface area (Å²) < 4.78 is 13.1. The average Bonchev–Trinajstić information content (AvgIpc) is 2.66. The summed E-state index contributed by atoms with van der Waals surface area (Å²) in [5.41, 5.74) is 3.55. The molecule has 3 rings (SSSR count). The molecule has 0 aliphatic rings. The van der Waals surface area contributed by atoms with Gasteiger partial charge >= 0.3 is 0 Å². The summed E-state index contributed by atoms with van der Waals surface area (Å²) in [4.78, 5) is 16.0. The molecule has 1 N–H and O–H groups in total. The zero-order valence-electron chi connectivity index (χ0n) is 13.8. The molecule has 1 aromatic heterocycles. The number of amides is 1. The minimum absolute atomic E-state index is 0.243. The largest absolute Gasteiger partial charge is 0.348 e. The van der Waals surface area contributed by atoms with E-state index < -0.39 is 0 Å². The molecule has 0 saturated heterocycles. The molecule has 0 spiro atoms. The highest BCUT2D eigenvalue weighted by atomic mass is 35.5. The van der Waals surface area contributed by atoms with Crippen molar-refractivity contribution in [2.75, 3.05) is 0 Å². The van der Waals surface area contributed by atoms with Crippen LogP contribution in [0.3, 0.4) is 0 Å². The number of hydrogen-bond donors (Lipinski definition) is 1. The number of nitrogens with zero attached hydrogens (tertiary/aromatic N) is 1. The van der Waals surface area contributed by atoms with Gasteiger partial charge in [-0.05, 0) is 53.1 Å². The Morgan fingerprint density at radius 3 is 2.69 bits per heavy atom. The van der Waals surface area contributed by atoms with Gasteiger partial charge in [0.1, 0.15) is 11.0 Å². The van der Waals surface area contributed by atoms with Crippen molar-refractivity contribution in [2.24, 2.45) is 0 Å². The molecule has 1 amide bonds. The summed E-state index contributed by atoms with van der Waals surface area (Å²) in [5, 5.41) is 3.26. The van der Waals surface area contributed by atoms with Crippen LogP contribution in [0.15, 0.2) is 72.9 Å². The van der Waals surface area contributed by atoms with E-state index in [0.717, 1.165) is 16.7 Å². The van der Waals surface area contributed by atoms with Crippen molar-refractivity contribution in [1.82, 2.24) is 10.3 Å². The van der Waals surface area contributed by atoms with Crippen molar-refractivity contribution in [3.05, 3.63) is 95.0 Å². The first-order chi connectivity index (χ1) is 12.6. The van der Waals surface area contributed by atoms with Crippen LogP contribution in [0.4, 0.5) is 4.39 Å². The number of carbonyl (C=O) groups excluding carboxylic acids is 1. The summed E-state index contributed by atoms with van der Waals surface area (Å²) in [7, 11) is 0. The first-order valence-electron chi connectivity index (χ1n) is 8.02. The molecule has 0 bridgehead atoms. The zero-order chi connectivity index (χ0) is 18.4. The summed E-state index contributed by atoms with van der Waals surface area (Å²) in [6, 6.07) is 17.5. The van der Waals surface area contributed by atoms with Crippen molar-refractivity contribution in [2.45, 2.75) is 6.54 Å². The van der Waals surface area contributed by atoms with Crippen LogP contribution in [0.2, 0.25) is 5.15 Å². The van der Waals surface area contributed by atoms with Crippen LogP contribution in [0.5, 0.6) is 0 Å². The lowest BCUT2D eigenvalue weighted by atomic mass is 10.0. The van der Waals surface area contributed by atoms with Crippen LogP contribution in [0, 0.1) is 5.82 Å². The number of nitrogens with one attached hydrogen (secondary N) is 1. The molecule has 0 unspecified atom stereocenters. The van der Waals surface area contributed by atoms with Gasteiger partial charge in [0.2, 0.25) is 5.91 Å². The first-order valence-corrected chi connectivity index (χ1v) is 8.40. The monoisotopic (exact) mass is 366 g/mol. The number of hydrogen-bond acceptors (Lipinski definition) is 2. The van der Waals surface area contributed by atoms with Crippen LogP contribution in [-0.2, 0) is 11.3 Å². The van der Waals surface area contributed by atoms with Gasteiger partial charge < -0.3 is 5.32 Å². The van der Waals surface area contributed by atoms with E-state index in [4.69, 9.17) is 11.6 Å². The smallest absolute Gasteiger partial charge is 0.244 e. The van der Waals surface area contributed by atoms with Crippen LogP contribution in [0.25, 0.3) is 17.2 Å². The molecule has 0 fully saturated rings. The Labute approximate surface area is 156 Å². The van der Waals surface area contributed by atoms with Crippen molar-refractivity contribution in [3.8, 4) is 11.1 Å². The normalized spacial score (nSPS) is 10.8. The Balaban J connectivity index is 1.61. The Morgan fingerprint density at radius 2 is 1.92 bits per heavy atom. The fourth-order valence-corrected chi connectivity index (χ4v) is 2.55. The molecule has 2 aromatic carbocycles. The van der Waals surface area contributed by atoms with E-state index in [0.29, 0.717) is 17.3 Å². The summed E-state index contributed by atoms with van der Waals surface area (Å²) >= 11 is 5.81. The highest BCUT2D eigenvalue weighted by molar-refractivity contribution is 6.29. The number of halogens is 2.